The molecule has 1 N–H and O–H groups in total. The molecule has 2 heterocycles. The smallest absolute Gasteiger partial charge is 0.274 e. The average Bonchev–Trinajstić information content (AvgIpc) is 3.17. The molecule has 0 saturated carbocycles. The standard InChI is InChI=1S/C24H34N4O4/c1-27-19-9-8-17(14-18(19)22(26-27)24(29)28-10-6-5-7-11-28)25-15-16-12-20(30-2)23(32-4)21(13-16)31-3/h12-13,17,25H,5-11,14-15H2,1-4H3. The van der Waals surface area contributed by atoms with Gasteiger partial charge < -0.3 is 24.4 Å². The van der Waals surface area contributed by atoms with E-state index in [-0.39, 0.29) is 11.9 Å². The minimum absolute atomic E-state index is 0.0897. The molecule has 1 aromatic heterocycles. The number of benzene rings is 1. The largest absolute Gasteiger partial charge is 0.493 e. The maximum atomic E-state index is 13.2. The van der Waals surface area contributed by atoms with E-state index >= 15 is 0 Å². The Bertz CT molecular complexity index is 940. The third-order valence-corrected chi connectivity index (χ3v) is 6.62. The van der Waals surface area contributed by atoms with Crippen molar-refractivity contribution in [2.75, 3.05) is 34.4 Å². The molecule has 1 saturated heterocycles. The van der Waals surface area contributed by atoms with Crippen molar-refractivity contribution >= 4 is 5.91 Å². The van der Waals surface area contributed by atoms with Crippen molar-refractivity contribution in [3.05, 3.63) is 34.6 Å². The van der Waals surface area contributed by atoms with Crippen molar-refractivity contribution in [3.8, 4) is 17.2 Å². The number of carbonyl (C=O) groups excluding carboxylic acids is 1. The molecule has 2 aliphatic rings. The molecule has 8 nitrogen and oxygen atoms in total. The van der Waals surface area contributed by atoms with Crippen molar-refractivity contribution in [2.45, 2.75) is 51.1 Å². The first-order chi connectivity index (χ1) is 15.5. The monoisotopic (exact) mass is 442 g/mol. The summed E-state index contributed by atoms with van der Waals surface area (Å²) in [6.45, 7) is 2.35. The van der Waals surface area contributed by atoms with E-state index in [2.05, 4.69) is 10.4 Å². The predicted molar refractivity (Wildman–Crippen MR) is 122 cm³/mol. The minimum Gasteiger partial charge on any atom is -0.493 e. The highest BCUT2D eigenvalue weighted by Gasteiger charge is 2.30. The lowest BCUT2D eigenvalue weighted by Gasteiger charge is -2.28. The number of ether oxygens (including phenoxy) is 3. The van der Waals surface area contributed by atoms with E-state index in [9.17, 15) is 4.79 Å². The van der Waals surface area contributed by atoms with Crippen LogP contribution in [0.4, 0.5) is 0 Å². The van der Waals surface area contributed by atoms with Crippen molar-refractivity contribution < 1.29 is 19.0 Å². The van der Waals surface area contributed by atoms with E-state index in [1.165, 1.54) is 12.1 Å². The van der Waals surface area contributed by atoms with Crippen LogP contribution in [-0.2, 0) is 26.4 Å². The maximum absolute atomic E-state index is 13.2. The molecule has 1 amide bonds. The molecule has 32 heavy (non-hydrogen) atoms. The Balaban J connectivity index is 1.47. The molecule has 0 bridgehead atoms. The summed E-state index contributed by atoms with van der Waals surface area (Å²) in [5, 5.41) is 8.30. The normalized spacial score (nSPS) is 18.2. The van der Waals surface area contributed by atoms with Gasteiger partial charge in [0.1, 0.15) is 0 Å². The van der Waals surface area contributed by atoms with Crippen LogP contribution in [0.25, 0.3) is 0 Å². The fourth-order valence-corrected chi connectivity index (χ4v) is 4.88. The van der Waals surface area contributed by atoms with Gasteiger partial charge in [0.05, 0.1) is 21.3 Å². The zero-order valence-electron chi connectivity index (χ0n) is 19.6. The Morgan fingerprint density at radius 1 is 1.09 bits per heavy atom. The molecule has 1 atom stereocenters. The highest BCUT2D eigenvalue weighted by atomic mass is 16.5. The van der Waals surface area contributed by atoms with Gasteiger partial charge in [-0.25, -0.2) is 0 Å². The van der Waals surface area contributed by atoms with Gasteiger partial charge in [-0.05, 0) is 56.2 Å². The van der Waals surface area contributed by atoms with Gasteiger partial charge in [0, 0.05) is 44.0 Å². The van der Waals surface area contributed by atoms with Gasteiger partial charge in [0.15, 0.2) is 17.2 Å². The zero-order chi connectivity index (χ0) is 22.7. The summed E-state index contributed by atoms with van der Waals surface area (Å²) in [6.07, 6.45) is 6.10. The van der Waals surface area contributed by atoms with E-state index in [0.717, 1.165) is 56.3 Å². The fourth-order valence-electron chi connectivity index (χ4n) is 4.88. The molecule has 0 radical (unpaired) electrons. The van der Waals surface area contributed by atoms with Crippen LogP contribution in [0.15, 0.2) is 12.1 Å². The molecular weight excluding hydrogens is 408 g/mol. The average molecular weight is 443 g/mol. The van der Waals surface area contributed by atoms with Crippen LogP contribution in [0.3, 0.4) is 0 Å². The molecular formula is C24H34N4O4. The Morgan fingerprint density at radius 3 is 2.41 bits per heavy atom. The highest BCUT2D eigenvalue weighted by Crippen LogP contribution is 2.38. The SMILES string of the molecule is COc1cc(CNC2CCc3c(c(C(=O)N4CCCCC4)nn3C)C2)cc(OC)c1OC. The van der Waals surface area contributed by atoms with Crippen LogP contribution in [0.5, 0.6) is 17.2 Å². The Hall–Kier alpha value is -2.74. The van der Waals surface area contributed by atoms with Gasteiger partial charge in [-0.2, -0.15) is 5.10 Å². The van der Waals surface area contributed by atoms with Crippen LogP contribution in [-0.4, -0.2) is 61.0 Å². The molecule has 4 rings (SSSR count). The summed E-state index contributed by atoms with van der Waals surface area (Å²) in [6, 6.07) is 4.22. The fraction of sp³-hybridized carbons (Fsp3) is 0.583. The quantitative estimate of drug-likeness (QED) is 0.711. The molecule has 8 heteroatoms. The molecule has 0 spiro atoms. The second-order valence-electron chi connectivity index (χ2n) is 8.60. The predicted octanol–water partition coefficient (Wildman–Crippen LogP) is 2.72. The van der Waals surface area contributed by atoms with E-state index in [1.807, 2.05) is 28.8 Å². The Labute approximate surface area is 189 Å². The summed E-state index contributed by atoms with van der Waals surface area (Å²) in [7, 11) is 6.81. The number of rotatable bonds is 7. The van der Waals surface area contributed by atoms with Gasteiger partial charge >= 0.3 is 0 Å². The molecule has 174 valence electrons. The van der Waals surface area contributed by atoms with Gasteiger partial charge in [-0.1, -0.05) is 0 Å². The van der Waals surface area contributed by atoms with E-state index in [1.54, 1.807) is 21.3 Å². The Morgan fingerprint density at radius 2 is 1.78 bits per heavy atom. The molecule has 1 aliphatic carbocycles. The number of hydrogen-bond donors (Lipinski definition) is 1. The first-order valence-electron chi connectivity index (χ1n) is 11.4. The number of aryl methyl sites for hydroxylation is 1. The first-order valence-corrected chi connectivity index (χ1v) is 11.4. The van der Waals surface area contributed by atoms with Gasteiger partial charge in [-0.3, -0.25) is 9.48 Å². The highest BCUT2D eigenvalue weighted by molar-refractivity contribution is 5.94. The number of fused-ring (bicyclic) bond motifs is 1. The van der Waals surface area contributed by atoms with Crippen LogP contribution >= 0.6 is 0 Å². The third-order valence-electron chi connectivity index (χ3n) is 6.62. The lowest BCUT2D eigenvalue weighted by Crippen LogP contribution is -2.38. The number of methoxy groups -OCH3 is 3. The first kappa shape index (κ1) is 22.5. The third kappa shape index (κ3) is 4.41. The van der Waals surface area contributed by atoms with Gasteiger partial charge in [0.25, 0.3) is 5.91 Å². The molecule has 1 aliphatic heterocycles. The minimum atomic E-state index is 0.0897. The number of carbonyl (C=O) groups is 1. The number of aromatic nitrogens is 2. The topological polar surface area (TPSA) is 77.9 Å². The molecule has 1 unspecified atom stereocenters. The zero-order valence-corrected chi connectivity index (χ0v) is 19.6. The van der Waals surface area contributed by atoms with E-state index in [4.69, 9.17) is 14.2 Å². The van der Waals surface area contributed by atoms with Crippen molar-refractivity contribution in [3.63, 3.8) is 0 Å². The van der Waals surface area contributed by atoms with Crippen molar-refractivity contribution in [2.24, 2.45) is 7.05 Å². The van der Waals surface area contributed by atoms with Gasteiger partial charge in [-0.15, -0.1) is 0 Å². The summed E-state index contributed by atoms with van der Waals surface area (Å²) in [4.78, 5) is 15.1. The summed E-state index contributed by atoms with van der Waals surface area (Å²) in [5.74, 6) is 1.98. The number of likely N-dealkylation sites (tertiary alicyclic amines) is 1. The number of nitrogens with zero attached hydrogens (tertiary/aromatic N) is 3. The number of piperidine rings is 1. The lowest BCUT2D eigenvalue weighted by atomic mass is 9.90. The van der Waals surface area contributed by atoms with Crippen LogP contribution in [0.1, 0.15) is 53.0 Å². The lowest BCUT2D eigenvalue weighted by molar-refractivity contribution is 0.0716. The molecule has 1 fully saturated rings. The summed E-state index contributed by atoms with van der Waals surface area (Å²) >= 11 is 0. The number of nitrogens with one attached hydrogen (secondary N) is 1. The summed E-state index contributed by atoms with van der Waals surface area (Å²) in [5.41, 5.74) is 4.00. The number of amides is 1. The molecule has 2 aromatic rings. The molecule has 1 aromatic carbocycles. The Kier molecular flexibility index (Phi) is 6.89. The second kappa shape index (κ2) is 9.81. The maximum Gasteiger partial charge on any atom is 0.274 e. The van der Waals surface area contributed by atoms with Crippen molar-refractivity contribution in [1.29, 1.82) is 0 Å². The van der Waals surface area contributed by atoms with E-state index in [0.29, 0.717) is 29.5 Å². The van der Waals surface area contributed by atoms with Crippen LogP contribution in [0.2, 0.25) is 0 Å². The second-order valence-corrected chi connectivity index (χ2v) is 8.60. The van der Waals surface area contributed by atoms with Crippen LogP contribution in [0, 0.1) is 0 Å². The van der Waals surface area contributed by atoms with Gasteiger partial charge in [0.2, 0.25) is 5.75 Å². The van der Waals surface area contributed by atoms with Crippen LogP contribution < -0.4 is 19.5 Å². The summed E-state index contributed by atoms with van der Waals surface area (Å²) < 4.78 is 18.3. The van der Waals surface area contributed by atoms with E-state index < -0.39 is 0 Å². The van der Waals surface area contributed by atoms with Crippen molar-refractivity contribution in [1.82, 2.24) is 20.0 Å². The number of hydrogen-bond acceptors (Lipinski definition) is 6.